The van der Waals surface area contributed by atoms with E-state index < -0.39 is 4.92 Å². The third-order valence-corrected chi connectivity index (χ3v) is 4.05. The Balaban J connectivity index is 1.87. The lowest BCUT2D eigenvalue weighted by Crippen LogP contribution is -1.87. The molecule has 2 aromatic carbocycles. The molecule has 0 radical (unpaired) electrons. The number of halogens is 1. The maximum atomic E-state index is 10.7. The van der Waals surface area contributed by atoms with E-state index in [9.17, 15) is 15.2 Å². The summed E-state index contributed by atoms with van der Waals surface area (Å²) in [6.07, 6.45) is 1.41. The highest BCUT2D eigenvalue weighted by atomic mass is 127. The van der Waals surface area contributed by atoms with Gasteiger partial charge in [0.2, 0.25) is 5.89 Å². The van der Waals surface area contributed by atoms with E-state index in [2.05, 4.69) is 32.6 Å². The average molecular weight is 435 g/mol. The van der Waals surface area contributed by atoms with Crippen LogP contribution in [0.3, 0.4) is 0 Å². The SMILES string of the molecule is O=[N+]([O-])c1ccc(-c2nc(C=Nc3ccccc3I)c(O)o2)cc1. The fraction of sp³-hybridized carbons (Fsp3) is 0. The highest BCUT2D eigenvalue weighted by Crippen LogP contribution is 2.27. The molecule has 0 unspecified atom stereocenters. The smallest absolute Gasteiger partial charge is 0.312 e. The van der Waals surface area contributed by atoms with Gasteiger partial charge in [-0.15, -0.1) is 0 Å². The zero-order valence-electron chi connectivity index (χ0n) is 12.1. The van der Waals surface area contributed by atoms with E-state index >= 15 is 0 Å². The number of para-hydroxylation sites is 1. The second-order valence-corrected chi connectivity index (χ2v) is 5.89. The molecule has 0 aliphatic rings. The Hall–Kier alpha value is -2.75. The maximum Gasteiger partial charge on any atom is 0.312 e. The molecule has 24 heavy (non-hydrogen) atoms. The van der Waals surface area contributed by atoms with Gasteiger partial charge in [0, 0.05) is 21.3 Å². The van der Waals surface area contributed by atoms with E-state index in [0.29, 0.717) is 5.56 Å². The lowest BCUT2D eigenvalue weighted by atomic mass is 10.2. The minimum atomic E-state index is -0.490. The molecular formula is C16H10IN3O4. The van der Waals surface area contributed by atoms with Crippen molar-refractivity contribution in [1.29, 1.82) is 0 Å². The van der Waals surface area contributed by atoms with Gasteiger partial charge in [-0.3, -0.25) is 15.1 Å². The number of non-ortho nitro benzene ring substituents is 1. The van der Waals surface area contributed by atoms with Crippen LogP contribution in [0.15, 0.2) is 57.9 Å². The topological polar surface area (TPSA) is 102 Å². The Morgan fingerprint density at radius 3 is 2.58 bits per heavy atom. The van der Waals surface area contributed by atoms with Gasteiger partial charge in [0.25, 0.3) is 5.69 Å². The van der Waals surface area contributed by atoms with Gasteiger partial charge < -0.3 is 9.52 Å². The van der Waals surface area contributed by atoms with Crippen molar-refractivity contribution in [2.75, 3.05) is 0 Å². The van der Waals surface area contributed by atoms with Gasteiger partial charge in [-0.1, -0.05) is 12.1 Å². The normalized spacial score (nSPS) is 11.0. The molecular weight excluding hydrogens is 425 g/mol. The molecule has 8 heteroatoms. The van der Waals surface area contributed by atoms with Gasteiger partial charge in [0.05, 0.1) is 16.8 Å². The van der Waals surface area contributed by atoms with E-state index in [4.69, 9.17) is 4.42 Å². The third-order valence-electron chi connectivity index (χ3n) is 3.14. The monoisotopic (exact) mass is 435 g/mol. The van der Waals surface area contributed by atoms with Crippen molar-refractivity contribution in [3.8, 4) is 17.4 Å². The summed E-state index contributed by atoms with van der Waals surface area (Å²) in [6, 6.07) is 13.2. The predicted molar refractivity (Wildman–Crippen MR) is 96.7 cm³/mol. The van der Waals surface area contributed by atoms with Gasteiger partial charge in [0.15, 0.2) is 5.69 Å². The molecule has 1 heterocycles. The molecule has 3 aromatic rings. The highest BCUT2D eigenvalue weighted by Gasteiger charge is 2.14. The molecule has 0 saturated heterocycles. The van der Waals surface area contributed by atoms with Crippen molar-refractivity contribution in [1.82, 2.24) is 4.98 Å². The predicted octanol–water partition coefficient (Wildman–Crippen LogP) is 4.31. The first-order valence-corrected chi connectivity index (χ1v) is 7.85. The average Bonchev–Trinajstić information content (AvgIpc) is 2.95. The van der Waals surface area contributed by atoms with Gasteiger partial charge in [-0.2, -0.15) is 0 Å². The second-order valence-electron chi connectivity index (χ2n) is 4.72. The van der Waals surface area contributed by atoms with Gasteiger partial charge >= 0.3 is 5.95 Å². The minimum absolute atomic E-state index is 0.0324. The molecule has 120 valence electrons. The van der Waals surface area contributed by atoms with Crippen LogP contribution in [0.5, 0.6) is 5.95 Å². The van der Waals surface area contributed by atoms with Crippen LogP contribution < -0.4 is 0 Å². The summed E-state index contributed by atoms with van der Waals surface area (Å²) in [4.78, 5) is 18.6. The molecule has 7 nitrogen and oxygen atoms in total. The van der Waals surface area contributed by atoms with Crippen molar-refractivity contribution in [3.05, 3.63) is 67.9 Å². The molecule has 0 bridgehead atoms. The first kappa shape index (κ1) is 16.1. The van der Waals surface area contributed by atoms with E-state index in [-0.39, 0.29) is 23.2 Å². The number of oxazole rings is 1. The van der Waals surface area contributed by atoms with E-state index in [1.54, 1.807) is 0 Å². The number of aromatic hydroxyl groups is 1. The number of hydrogen-bond donors (Lipinski definition) is 1. The van der Waals surface area contributed by atoms with Crippen LogP contribution >= 0.6 is 22.6 Å². The molecule has 1 N–H and O–H groups in total. The Morgan fingerprint density at radius 2 is 1.92 bits per heavy atom. The summed E-state index contributed by atoms with van der Waals surface area (Å²) < 4.78 is 6.16. The Morgan fingerprint density at radius 1 is 1.21 bits per heavy atom. The zero-order valence-corrected chi connectivity index (χ0v) is 14.2. The quantitative estimate of drug-likeness (QED) is 0.285. The lowest BCUT2D eigenvalue weighted by molar-refractivity contribution is -0.384. The van der Waals surface area contributed by atoms with E-state index in [1.165, 1.54) is 30.5 Å². The molecule has 3 rings (SSSR count). The van der Waals surface area contributed by atoms with Crippen LogP contribution in [0.25, 0.3) is 11.5 Å². The summed E-state index contributed by atoms with van der Waals surface area (Å²) in [5.74, 6) is -0.204. The number of nitro benzene ring substituents is 1. The Bertz CT molecular complexity index is 919. The fourth-order valence-corrected chi connectivity index (χ4v) is 2.47. The number of nitro groups is 1. The van der Waals surface area contributed by atoms with Crippen molar-refractivity contribution >= 4 is 40.2 Å². The number of rotatable bonds is 4. The fourth-order valence-electron chi connectivity index (χ4n) is 1.94. The molecule has 0 atom stereocenters. The van der Waals surface area contributed by atoms with Crippen molar-refractivity contribution in [3.63, 3.8) is 0 Å². The molecule has 0 aliphatic carbocycles. The van der Waals surface area contributed by atoms with Crippen LogP contribution in [-0.4, -0.2) is 21.2 Å². The molecule has 1 aromatic heterocycles. The molecule has 0 amide bonds. The lowest BCUT2D eigenvalue weighted by Gasteiger charge is -1.95. The van der Waals surface area contributed by atoms with Crippen LogP contribution in [0.2, 0.25) is 0 Å². The second kappa shape index (κ2) is 6.79. The zero-order chi connectivity index (χ0) is 17.1. The molecule has 0 spiro atoms. The summed E-state index contributed by atoms with van der Waals surface area (Å²) in [7, 11) is 0. The van der Waals surface area contributed by atoms with E-state index in [1.807, 2.05) is 24.3 Å². The van der Waals surface area contributed by atoms with Crippen LogP contribution in [0, 0.1) is 13.7 Å². The number of aromatic nitrogens is 1. The molecule has 0 aliphatic heterocycles. The Labute approximate surface area is 150 Å². The maximum absolute atomic E-state index is 10.7. The number of aliphatic imine (C=N–C) groups is 1. The van der Waals surface area contributed by atoms with Crippen molar-refractivity contribution < 1.29 is 14.4 Å². The van der Waals surface area contributed by atoms with Gasteiger partial charge in [-0.05, 0) is 46.9 Å². The first-order valence-electron chi connectivity index (χ1n) is 6.78. The Kier molecular flexibility index (Phi) is 4.56. The summed E-state index contributed by atoms with van der Waals surface area (Å²) in [5.41, 5.74) is 1.42. The summed E-state index contributed by atoms with van der Waals surface area (Å²) >= 11 is 2.16. The van der Waals surface area contributed by atoms with Gasteiger partial charge in [0.1, 0.15) is 0 Å². The van der Waals surface area contributed by atoms with Crippen LogP contribution in [0.1, 0.15) is 5.69 Å². The highest BCUT2D eigenvalue weighted by molar-refractivity contribution is 14.1. The standard InChI is InChI=1S/C16H10IN3O4/c17-12-3-1-2-4-13(12)18-9-14-16(21)24-15(19-14)10-5-7-11(8-6-10)20(22)23/h1-9,21H. The first-order chi connectivity index (χ1) is 11.5. The number of hydrogen-bond acceptors (Lipinski definition) is 6. The summed E-state index contributed by atoms with van der Waals surface area (Å²) in [6.45, 7) is 0. The summed E-state index contributed by atoms with van der Waals surface area (Å²) in [5, 5.41) is 20.5. The molecule has 0 fully saturated rings. The van der Waals surface area contributed by atoms with Crippen molar-refractivity contribution in [2.24, 2.45) is 4.99 Å². The largest absolute Gasteiger partial charge is 0.479 e. The van der Waals surface area contributed by atoms with E-state index in [0.717, 1.165) is 9.26 Å². The minimum Gasteiger partial charge on any atom is -0.479 e. The van der Waals surface area contributed by atoms with Gasteiger partial charge in [-0.25, -0.2) is 4.98 Å². The van der Waals surface area contributed by atoms with Crippen molar-refractivity contribution in [2.45, 2.75) is 0 Å². The molecule has 0 saturated carbocycles. The van der Waals surface area contributed by atoms with Crippen LogP contribution in [-0.2, 0) is 0 Å². The number of nitrogens with zero attached hydrogens (tertiary/aromatic N) is 3. The third kappa shape index (κ3) is 3.43. The van der Waals surface area contributed by atoms with Crippen LogP contribution in [0.4, 0.5) is 11.4 Å². The number of benzene rings is 2.